The van der Waals surface area contributed by atoms with Gasteiger partial charge < -0.3 is 19.7 Å². The molecule has 1 aliphatic rings. The van der Waals surface area contributed by atoms with Gasteiger partial charge in [0.05, 0.1) is 14.2 Å². The monoisotopic (exact) mass is 409 g/mol. The van der Waals surface area contributed by atoms with E-state index in [1.54, 1.807) is 0 Å². The van der Waals surface area contributed by atoms with Crippen LogP contribution in [0.3, 0.4) is 0 Å². The smallest absolute Gasteiger partial charge is 0.346 e. The van der Waals surface area contributed by atoms with E-state index in [0.717, 1.165) is 44.0 Å². The van der Waals surface area contributed by atoms with Gasteiger partial charge in [-0.3, -0.25) is 4.90 Å². The number of methoxy groups -OCH3 is 2. The second kappa shape index (κ2) is 10.5. The molecule has 1 N–H and O–H groups in total. The maximum atomic E-state index is 11.8. The van der Waals surface area contributed by atoms with Crippen molar-refractivity contribution in [3.63, 3.8) is 0 Å². The van der Waals surface area contributed by atoms with E-state index in [2.05, 4.69) is 54.9 Å². The Morgan fingerprint density at radius 3 is 2.23 bits per heavy atom. The molecule has 30 heavy (non-hydrogen) atoms. The number of esters is 2. The van der Waals surface area contributed by atoms with Gasteiger partial charge in [-0.15, -0.1) is 0 Å². The zero-order chi connectivity index (χ0) is 21.3. The molecule has 158 valence electrons. The maximum absolute atomic E-state index is 11.8. The number of benzene rings is 2. The summed E-state index contributed by atoms with van der Waals surface area (Å²) in [5, 5.41) is 2.99. The standard InChI is InChI=1S/C23H27N3O4/c1-29-22(27)21(23(28)30-2)16-24-19-8-6-7-18(15-19)17-25-11-13-26(14-12-25)20-9-4-3-5-10-20/h3-10,15-16,24H,11-14,17H2,1-2H3. The van der Waals surface area contributed by atoms with Crippen molar-refractivity contribution < 1.29 is 19.1 Å². The van der Waals surface area contributed by atoms with Crippen LogP contribution in [-0.2, 0) is 25.6 Å². The van der Waals surface area contributed by atoms with Gasteiger partial charge in [0.2, 0.25) is 0 Å². The summed E-state index contributed by atoms with van der Waals surface area (Å²) in [6.07, 6.45) is 1.31. The Labute approximate surface area is 176 Å². The van der Waals surface area contributed by atoms with E-state index in [1.807, 2.05) is 24.3 Å². The topological polar surface area (TPSA) is 71.1 Å². The van der Waals surface area contributed by atoms with Crippen LogP contribution < -0.4 is 10.2 Å². The lowest BCUT2D eigenvalue weighted by atomic mass is 10.1. The Hall–Kier alpha value is -3.32. The molecule has 0 aromatic heterocycles. The number of nitrogens with zero attached hydrogens (tertiary/aromatic N) is 2. The molecule has 0 bridgehead atoms. The SMILES string of the molecule is COC(=O)C(=CNc1cccc(CN2CCN(c3ccccc3)CC2)c1)C(=O)OC. The minimum atomic E-state index is -0.748. The largest absolute Gasteiger partial charge is 0.465 e. The van der Waals surface area contributed by atoms with E-state index in [1.165, 1.54) is 26.1 Å². The van der Waals surface area contributed by atoms with Gasteiger partial charge in [-0.1, -0.05) is 30.3 Å². The molecule has 3 rings (SSSR count). The van der Waals surface area contributed by atoms with Gasteiger partial charge in [0.15, 0.2) is 5.57 Å². The van der Waals surface area contributed by atoms with Gasteiger partial charge in [-0.2, -0.15) is 0 Å². The second-order valence-electron chi connectivity index (χ2n) is 6.98. The molecule has 1 heterocycles. The number of carbonyl (C=O) groups excluding carboxylic acids is 2. The van der Waals surface area contributed by atoms with Crippen molar-refractivity contribution in [1.29, 1.82) is 0 Å². The molecule has 0 unspecified atom stereocenters. The third-order valence-corrected chi connectivity index (χ3v) is 5.02. The van der Waals surface area contributed by atoms with Crippen LogP contribution in [0.5, 0.6) is 0 Å². The molecular weight excluding hydrogens is 382 g/mol. The van der Waals surface area contributed by atoms with Crippen LogP contribution in [0.15, 0.2) is 66.4 Å². The maximum Gasteiger partial charge on any atom is 0.346 e. The van der Waals surface area contributed by atoms with Gasteiger partial charge in [0, 0.05) is 50.3 Å². The predicted molar refractivity (Wildman–Crippen MR) is 116 cm³/mol. The summed E-state index contributed by atoms with van der Waals surface area (Å²) in [5.41, 5.74) is 3.00. The van der Waals surface area contributed by atoms with E-state index in [-0.39, 0.29) is 5.57 Å². The second-order valence-corrected chi connectivity index (χ2v) is 6.98. The molecule has 1 fully saturated rings. The fourth-order valence-corrected chi connectivity index (χ4v) is 3.40. The number of para-hydroxylation sites is 1. The van der Waals surface area contributed by atoms with E-state index in [0.29, 0.717) is 0 Å². The van der Waals surface area contributed by atoms with E-state index < -0.39 is 11.9 Å². The molecule has 0 atom stereocenters. The van der Waals surface area contributed by atoms with Crippen molar-refractivity contribution in [1.82, 2.24) is 4.90 Å². The number of carbonyl (C=O) groups is 2. The Kier molecular flexibility index (Phi) is 7.45. The molecule has 2 aromatic rings. The van der Waals surface area contributed by atoms with Crippen LogP contribution in [0.2, 0.25) is 0 Å². The Morgan fingerprint density at radius 2 is 1.60 bits per heavy atom. The zero-order valence-electron chi connectivity index (χ0n) is 17.3. The predicted octanol–water partition coefficient (Wildman–Crippen LogP) is 2.65. The third kappa shape index (κ3) is 5.61. The lowest BCUT2D eigenvalue weighted by molar-refractivity contribution is -0.144. The molecular formula is C23H27N3O4. The summed E-state index contributed by atoms with van der Waals surface area (Å²) < 4.78 is 9.26. The fraction of sp³-hybridized carbons (Fsp3) is 0.304. The highest BCUT2D eigenvalue weighted by Crippen LogP contribution is 2.18. The summed E-state index contributed by atoms with van der Waals surface area (Å²) in [6.45, 7) is 4.80. The average molecular weight is 409 g/mol. The van der Waals surface area contributed by atoms with E-state index >= 15 is 0 Å². The first-order valence-electron chi connectivity index (χ1n) is 9.85. The summed E-state index contributed by atoms with van der Waals surface area (Å²) in [7, 11) is 2.44. The van der Waals surface area contributed by atoms with Gasteiger partial charge in [0.1, 0.15) is 0 Å². The van der Waals surface area contributed by atoms with Crippen molar-refractivity contribution in [2.45, 2.75) is 6.54 Å². The number of rotatable bonds is 7. The van der Waals surface area contributed by atoms with Crippen LogP contribution >= 0.6 is 0 Å². The number of hydrogen-bond donors (Lipinski definition) is 1. The number of ether oxygens (including phenoxy) is 2. The lowest BCUT2D eigenvalue weighted by Crippen LogP contribution is -2.45. The Morgan fingerprint density at radius 1 is 0.933 bits per heavy atom. The highest BCUT2D eigenvalue weighted by atomic mass is 16.5. The molecule has 0 amide bonds. The summed E-state index contributed by atoms with van der Waals surface area (Å²) in [4.78, 5) is 28.3. The van der Waals surface area contributed by atoms with Crippen molar-refractivity contribution in [3.8, 4) is 0 Å². The van der Waals surface area contributed by atoms with Crippen LogP contribution in [0.4, 0.5) is 11.4 Å². The van der Waals surface area contributed by atoms with Gasteiger partial charge in [-0.25, -0.2) is 9.59 Å². The number of piperazine rings is 1. The third-order valence-electron chi connectivity index (χ3n) is 5.02. The summed E-state index contributed by atoms with van der Waals surface area (Å²) >= 11 is 0. The average Bonchev–Trinajstić information content (AvgIpc) is 2.80. The molecule has 1 aliphatic heterocycles. The van der Waals surface area contributed by atoms with Crippen LogP contribution in [-0.4, -0.2) is 57.2 Å². The minimum absolute atomic E-state index is 0.192. The fourth-order valence-electron chi connectivity index (χ4n) is 3.40. The first-order valence-corrected chi connectivity index (χ1v) is 9.85. The van der Waals surface area contributed by atoms with E-state index in [4.69, 9.17) is 0 Å². The normalized spacial score (nSPS) is 14.0. The van der Waals surface area contributed by atoms with Crippen LogP contribution in [0, 0.1) is 0 Å². The molecule has 0 aliphatic carbocycles. The molecule has 0 spiro atoms. The molecule has 2 aromatic carbocycles. The number of nitrogens with one attached hydrogen (secondary N) is 1. The van der Waals surface area contributed by atoms with Crippen molar-refractivity contribution in [3.05, 3.63) is 71.9 Å². The highest BCUT2D eigenvalue weighted by Gasteiger charge is 2.20. The molecule has 7 heteroatoms. The minimum Gasteiger partial charge on any atom is -0.465 e. The van der Waals surface area contributed by atoms with Gasteiger partial charge in [0.25, 0.3) is 0 Å². The number of hydrogen-bond acceptors (Lipinski definition) is 7. The first-order chi connectivity index (χ1) is 14.6. The van der Waals surface area contributed by atoms with Crippen LogP contribution in [0.1, 0.15) is 5.56 Å². The summed E-state index contributed by atoms with van der Waals surface area (Å²) in [6, 6.07) is 18.4. The molecule has 1 saturated heterocycles. The van der Waals surface area contributed by atoms with Crippen molar-refractivity contribution in [2.75, 3.05) is 50.6 Å². The van der Waals surface area contributed by atoms with Crippen molar-refractivity contribution in [2.24, 2.45) is 0 Å². The zero-order valence-corrected chi connectivity index (χ0v) is 17.3. The Balaban J connectivity index is 1.59. The highest BCUT2D eigenvalue weighted by molar-refractivity contribution is 6.14. The Bertz CT molecular complexity index is 872. The van der Waals surface area contributed by atoms with Gasteiger partial charge >= 0.3 is 11.9 Å². The molecule has 7 nitrogen and oxygen atoms in total. The molecule has 0 radical (unpaired) electrons. The van der Waals surface area contributed by atoms with E-state index in [9.17, 15) is 9.59 Å². The first kappa shape index (κ1) is 21.4. The summed E-state index contributed by atoms with van der Waals surface area (Å²) in [5.74, 6) is -1.50. The van der Waals surface area contributed by atoms with Crippen molar-refractivity contribution >= 4 is 23.3 Å². The molecule has 0 saturated carbocycles. The number of anilines is 2. The van der Waals surface area contributed by atoms with Crippen LogP contribution in [0.25, 0.3) is 0 Å². The van der Waals surface area contributed by atoms with Gasteiger partial charge in [-0.05, 0) is 29.8 Å². The lowest BCUT2D eigenvalue weighted by Gasteiger charge is -2.36. The quantitative estimate of drug-likeness (QED) is 0.326.